The number of rotatable bonds is 4. The normalized spacial score (nSPS) is 14.6. The number of carbonyl (C=O) groups excluding carboxylic acids is 1. The summed E-state index contributed by atoms with van der Waals surface area (Å²) in [5, 5.41) is 18.8. The number of hydrogen-bond donors (Lipinski definition) is 2. The maximum Gasteiger partial charge on any atom is 0.341 e. The van der Waals surface area contributed by atoms with E-state index in [4.69, 9.17) is 5.11 Å². The number of benzene rings is 1. The number of carboxylic acids is 1. The molecular formula is C18H18N2O5. The number of pyridine rings is 1. The standard InChI is InChI=1S/C18H18N2O5/c21-15-11-19(10-13(17(15)23)18(24)25)9-12-5-1-2-6-14(12)20-8-4-3-7-16(20)22/h1-2,5-6,10-11,21H,3-4,7-9H2,(H,24,25). The summed E-state index contributed by atoms with van der Waals surface area (Å²) in [6.07, 6.45) is 4.72. The Bertz CT molecular complexity index is 887. The van der Waals surface area contributed by atoms with Crippen LogP contribution in [0.25, 0.3) is 0 Å². The minimum atomic E-state index is -1.39. The zero-order chi connectivity index (χ0) is 18.0. The average molecular weight is 342 g/mol. The number of piperidine rings is 1. The number of hydrogen-bond acceptors (Lipinski definition) is 4. The van der Waals surface area contributed by atoms with Crippen LogP contribution in [0.3, 0.4) is 0 Å². The molecule has 3 rings (SSSR count). The molecule has 7 nitrogen and oxygen atoms in total. The number of aromatic carboxylic acids is 1. The molecule has 25 heavy (non-hydrogen) atoms. The van der Waals surface area contributed by atoms with Crippen molar-refractivity contribution in [2.24, 2.45) is 0 Å². The fraction of sp³-hybridized carbons (Fsp3) is 0.278. The Morgan fingerprint density at radius 3 is 2.60 bits per heavy atom. The molecule has 0 unspecified atom stereocenters. The van der Waals surface area contributed by atoms with Gasteiger partial charge in [-0.05, 0) is 24.5 Å². The molecule has 1 aliphatic rings. The molecular weight excluding hydrogens is 324 g/mol. The molecule has 0 radical (unpaired) electrons. The number of amides is 1. The minimum Gasteiger partial charge on any atom is -0.503 e. The van der Waals surface area contributed by atoms with Gasteiger partial charge in [-0.3, -0.25) is 9.59 Å². The number of nitrogens with zero attached hydrogens (tertiary/aromatic N) is 2. The summed E-state index contributed by atoms with van der Waals surface area (Å²) in [7, 11) is 0. The van der Waals surface area contributed by atoms with E-state index in [2.05, 4.69) is 0 Å². The largest absolute Gasteiger partial charge is 0.503 e. The highest BCUT2D eigenvalue weighted by atomic mass is 16.4. The fourth-order valence-electron chi connectivity index (χ4n) is 3.02. The molecule has 0 atom stereocenters. The van der Waals surface area contributed by atoms with Crippen LogP contribution in [0.2, 0.25) is 0 Å². The SMILES string of the molecule is O=C(O)c1cn(Cc2ccccc2N2CCCCC2=O)cc(O)c1=O. The monoisotopic (exact) mass is 342 g/mol. The van der Waals surface area contributed by atoms with Gasteiger partial charge in [0.25, 0.3) is 0 Å². The molecule has 2 heterocycles. The molecule has 0 aliphatic carbocycles. The lowest BCUT2D eigenvalue weighted by Crippen LogP contribution is -2.36. The zero-order valence-corrected chi connectivity index (χ0v) is 13.5. The molecule has 0 bridgehead atoms. The molecule has 1 amide bonds. The molecule has 0 saturated carbocycles. The summed E-state index contributed by atoms with van der Waals surface area (Å²) < 4.78 is 1.44. The summed E-state index contributed by atoms with van der Waals surface area (Å²) in [5.74, 6) is -1.95. The van der Waals surface area contributed by atoms with Crippen LogP contribution in [0.15, 0.2) is 41.5 Å². The average Bonchev–Trinajstić information content (AvgIpc) is 2.59. The van der Waals surface area contributed by atoms with Crippen LogP contribution >= 0.6 is 0 Å². The highest BCUT2D eigenvalue weighted by Gasteiger charge is 2.22. The lowest BCUT2D eigenvalue weighted by atomic mass is 10.1. The van der Waals surface area contributed by atoms with Crippen molar-refractivity contribution in [3.63, 3.8) is 0 Å². The second-order valence-corrected chi connectivity index (χ2v) is 5.99. The van der Waals surface area contributed by atoms with Crippen molar-refractivity contribution in [3.05, 3.63) is 58.0 Å². The van der Waals surface area contributed by atoms with Crippen molar-refractivity contribution in [2.45, 2.75) is 25.8 Å². The van der Waals surface area contributed by atoms with Crippen LogP contribution in [0.4, 0.5) is 5.69 Å². The summed E-state index contributed by atoms with van der Waals surface area (Å²) >= 11 is 0. The molecule has 130 valence electrons. The first kappa shape index (κ1) is 16.8. The van der Waals surface area contributed by atoms with Crippen molar-refractivity contribution in [3.8, 4) is 5.75 Å². The number of aromatic hydroxyl groups is 1. The Balaban J connectivity index is 1.98. The fourth-order valence-corrected chi connectivity index (χ4v) is 3.02. The molecule has 1 saturated heterocycles. The van der Waals surface area contributed by atoms with E-state index in [9.17, 15) is 19.5 Å². The first-order valence-corrected chi connectivity index (χ1v) is 8.02. The van der Waals surface area contributed by atoms with Crippen molar-refractivity contribution in [2.75, 3.05) is 11.4 Å². The van der Waals surface area contributed by atoms with Gasteiger partial charge in [-0.2, -0.15) is 0 Å². The predicted octanol–water partition coefficient (Wildman–Crippen LogP) is 1.82. The van der Waals surface area contributed by atoms with E-state index in [-0.39, 0.29) is 12.5 Å². The van der Waals surface area contributed by atoms with E-state index in [0.29, 0.717) is 13.0 Å². The highest BCUT2D eigenvalue weighted by molar-refractivity contribution is 5.94. The lowest BCUT2D eigenvalue weighted by Gasteiger charge is -2.29. The van der Waals surface area contributed by atoms with Crippen LogP contribution in [0, 0.1) is 0 Å². The number of carboxylic acid groups (broad SMARTS) is 1. The van der Waals surface area contributed by atoms with Gasteiger partial charge >= 0.3 is 5.97 Å². The van der Waals surface area contributed by atoms with Gasteiger partial charge in [0, 0.05) is 31.4 Å². The van der Waals surface area contributed by atoms with Crippen molar-refractivity contribution < 1.29 is 19.8 Å². The van der Waals surface area contributed by atoms with Crippen molar-refractivity contribution in [1.29, 1.82) is 0 Å². The van der Waals surface area contributed by atoms with E-state index in [1.165, 1.54) is 17.0 Å². The predicted molar refractivity (Wildman–Crippen MR) is 91.1 cm³/mol. The number of anilines is 1. The molecule has 1 aromatic carbocycles. The van der Waals surface area contributed by atoms with Crippen LogP contribution < -0.4 is 10.3 Å². The minimum absolute atomic E-state index is 0.0627. The van der Waals surface area contributed by atoms with Gasteiger partial charge in [-0.15, -0.1) is 0 Å². The third-order valence-corrected chi connectivity index (χ3v) is 4.25. The Labute approximate surface area is 143 Å². The first-order valence-electron chi connectivity index (χ1n) is 8.02. The van der Waals surface area contributed by atoms with E-state index >= 15 is 0 Å². The van der Waals surface area contributed by atoms with Gasteiger partial charge in [-0.25, -0.2) is 4.79 Å². The van der Waals surface area contributed by atoms with Gasteiger partial charge in [0.15, 0.2) is 5.75 Å². The second kappa shape index (κ2) is 6.80. The Hall–Kier alpha value is -3.09. The van der Waals surface area contributed by atoms with E-state index in [1.807, 2.05) is 24.3 Å². The topological polar surface area (TPSA) is 99.8 Å². The molecule has 2 aromatic rings. The Morgan fingerprint density at radius 2 is 1.88 bits per heavy atom. The molecule has 1 fully saturated rings. The van der Waals surface area contributed by atoms with Gasteiger partial charge in [0.05, 0.1) is 6.20 Å². The smallest absolute Gasteiger partial charge is 0.341 e. The molecule has 2 N–H and O–H groups in total. The maximum atomic E-state index is 12.2. The number of para-hydroxylation sites is 1. The van der Waals surface area contributed by atoms with Crippen LogP contribution in [-0.2, 0) is 11.3 Å². The third kappa shape index (κ3) is 3.40. The highest BCUT2D eigenvalue weighted by Crippen LogP contribution is 2.25. The zero-order valence-electron chi connectivity index (χ0n) is 13.5. The van der Waals surface area contributed by atoms with Crippen molar-refractivity contribution in [1.82, 2.24) is 4.57 Å². The first-order chi connectivity index (χ1) is 12.0. The Morgan fingerprint density at radius 1 is 1.12 bits per heavy atom. The number of aromatic nitrogens is 1. The third-order valence-electron chi connectivity index (χ3n) is 4.25. The lowest BCUT2D eigenvalue weighted by molar-refractivity contribution is -0.119. The van der Waals surface area contributed by atoms with Gasteiger partial charge < -0.3 is 19.7 Å². The molecule has 1 aromatic heterocycles. The quantitative estimate of drug-likeness (QED) is 0.883. The van der Waals surface area contributed by atoms with Gasteiger partial charge in [0.1, 0.15) is 5.56 Å². The second-order valence-electron chi connectivity index (χ2n) is 5.99. The molecule has 0 spiro atoms. The summed E-state index contributed by atoms with van der Waals surface area (Å²) in [4.78, 5) is 36.8. The molecule has 7 heteroatoms. The number of carbonyl (C=O) groups is 2. The van der Waals surface area contributed by atoms with Crippen LogP contribution in [-0.4, -0.2) is 33.2 Å². The molecule has 1 aliphatic heterocycles. The Kier molecular flexibility index (Phi) is 4.56. The van der Waals surface area contributed by atoms with E-state index < -0.39 is 22.7 Å². The van der Waals surface area contributed by atoms with Crippen molar-refractivity contribution >= 4 is 17.6 Å². The van der Waals surface area contributed by atoms with E-state index in [1.54, 1.807) is 4.90 Å². The summed E-state index contributed by atoms with van der Waals surface area (Å²) in [6, 6.07) is 7.35. The summed E-state index contributed by atoms with van der Waals surface area (Å²) in [5.41, 5.74) is 0.161. The van der Waals surface area contributed by atoms with Gasteiger partial charge in [-0.1, -0.05) is 18.2 Å². The van der Waals surface area contributed by atoms with Crippen LogP contribution in [0.5, 0.6) is 5.75 Å². The summed E-state index contributed by atoms with van der Waals surface area (Å²) in [6.45, 7) is 0.875. The maximum absolute atomic E-state index is 12.2. The van der Waals surface area contributed by atoms with Gasteiger partial charge in [0.2, 0.25) is 11.3 Å². The van der Waals surface area contributed by atoms with E-state index in [0.717, 1.165) is 24.1 Å². The van der Waals surface area contributed by atoms with Crippen LogP contribution in [0.1, 0.15) is 35.2 Å².